The molecule has 3 amide bonds. The van der Waals surface area contributed by atoms with Crippen LogP contribution >= 0.6 is 0 Å². The predicted molar refractivity (Wildman–Crippen MR) is 116 cm³/mol. The van der Waals surface area contributed by atoms with Crippen molar-refractivity contribution in [1.82, 2.24) is 10.3 Å². The van der Waals surface area contributed by atoms with Crippen LogP contribution in [-0.2, 0) is 18.0 Å². The van der Waals surface area contributed by atoms with Crippen molar-refractivity contribution in [2.75, 3.05) is 6.54 Å². The molecule has 0 saturated carbocycles. The molecule has 1 heterocycles. The van der Waals surface area contributed by atoms with Crippen LogP contribution in [0.3, 0.4) is 0 Å². The number of nitrogens with zero attached hydrogens (tertiary/aromatic N) is 2. The topological polar surface area (TPSA) is 80.2 Å². The number of rotatable bonds is 8. The van der Waals surface area contributed by atoms with Crippen molar-refractivity contribution in [2.24, 2.45) is 5.10 Å². The molecule has 0 spiro atoms. The van der Waals surface area contributed by atoms with E-state index in [2.05, 4.69) is 10.4 Å². The van der Waals surface area contributed by atoms with Gasteiger partial charge in [0.2, 0.25) is 5.91 Å². The van der Waals surface area contributed by atoms with E-state index in [-0.39, 0.29) is 12.5 Å². The minimum Gasteiger partial charge on any atom is -0.485 e. The minimum atomic E-state index is -0.537. The third kappa shape index (κ3) is 5.48. The fourth-order valence-corrected chi connectivity index (χ4v) is 2.97. The van der Waals surface area contributed by atoms with E-state index in [0.29, 0.717) is 30.3 Å². The largest absolute Gasteiger partial charge is 0.485 e. The van der Waals surface area contributed by atoms with Crippen molar-refractivity contribution in [3.63, 3.8) is 0 Å². The number of urea groups is 1. The third-order valence-corrected chi connectivity index (χ3v) is 4.56. The van der Waals surface area contributed by atoms with Crippen LogP contribution in [0.5, 0.6) is 11.5 Å². The van der Waals surface area contributed by atoms with Gasteiger partial charge in [-0.15, -0.1) is 0 Å². The van der Waals surface area contributed by atoms with Crippen LogP contribution in [0.2, 0.25) is 0 Å². The summed E-state index contributed by atoms with van der Waals surface area (Å²) < 4.78 is 12.0. The lowest BCUT2D eigenvalue weighted by Gasteiger charge is -2.14. The Kier molecular flexibility index (Phi) is 6.23. The Morgan fingerprint density at radius 1 is 0.839 bits per heavy atom. The second kappa shape index (κ2) is 9.58. The van der Waals surface area contributed by atoms with Crippen molar-refractivity contribution in [1.29, 1.82) is 0 Å². The van der Waals surface area contributed by atoms with Crippen LogP contribution in [0, 0.1) is 0 Å². The molecule has 0 radical (unpaired) electrons. The molecule has 1 aliphatic rings. The van der Waals surface area contributed by atoms with Crippen LogP contribution in [-0.4, -0.2) is 29.7 Å². The zero-order valence-corrected chi connectivity index (χ0v) is 16.7. The average Bonchev–Trinajstić information content (AvgIpc) is 3.13. The Morgan fingerprint density at radius 3 is 2.03 bits per heavy atom. The zero-order valence-electron chi connectivity index (χ0n) is 16.7. The molecular weight excluding hydrogens is 394 g/mol. The van der Waals surface area contributed by atoms with Crippen LogP contribution in [0.25, 0.3) is 0 Å². The summed E-state index contributed by atoms with van der Waals surface area (Å²) in [6.07, 6.45) is 1.51. The van der Waals surface area contributed by atoms with E-state index in [1.165, 1.54) is 6.21 Å². The molecule has 1 saturated heterocycles. The fraction of sp³-hybridized carbons (Fsp3) is 0.125. The number of ether oxygens (including phenoxy) is 2. The van der Waals surface area contributed by atoms with Gasteiger partial charge in [0, 0.05) is 0 Å². The Bertz CT molecular complexity index is 1080. The Hall–Kier alpha value is -4.13. The highest BCUT2D eigenvalue weighted by Crippen LogP contribution is 2.30. The van der Waals surface area contributed by atoms with E-state index in [9.17, 15) is 9.59 Å². The van der Waals surface area contributed by atoms with Gasteiger partial charge < -0.3 is 9.47 Å². The lowest BCUT2D eigenvalue weighted by atomic mass is 10.2. The second-order valence-electron chi connectivity index (χ2n) is 6.91. The van der Waals surface area contributed by atoms with Crippen molar-refractivity contribution in [2.45, 2.75) is 13.2 Å². The first-order valence-electron chi connectivity index (χ1n) is 9.80. The Balaban J connectivity index is 1.51. The maximum atomic E-state index is 11.6. The summed E-state index contributed by atoms with van der Waals surface area (Å²) in [4.78, 5) is 22.9. The van der Waals surface area contributed by atoms with Crippen LogP contribution in [0.1, 0.15) is 16.7 Å². The number of benzene rings is 3. The predicted octanol–water partition coefficient (Wildman–Crippen LogP) is 3.73. The molecule has 7 heteroatoms. The molecule has 1 N–H and O–H groups in total. The quantitative estimate of drug-likeness (QED) is 0.449. The van der Waals surface area contributed by atoms with Crippen molar-refractivity contribution < 1.29 is 19.1 Å². The third-order valence-electron chi connectivity index (χ3n) is 4.56. The van der Waals surface area contributed by atoms with Gasteiger partial charge in [0.1, 0.15) is 19.8 Å². The molecule has 0 unspecified atom stereocenters. The number of carbonyl (C=O) groups excluding carboxylic acids is 2. The highest BCUT2D eigenvalue weighted by atomic mass is 16.5. The number of hydrogen-bond acceptors (Lipinski definition) is 5. The first-order chi connectivity index (χ1) is 15.2. The molecule has 1 fully saturated rings. The lowest BCUT2D eigenvalue weighted by molar-refractivity contribution is -0.118. The molecule has 7 nitrogen and oxygen atoms in total. The molecular formula is C24H21N3O4. The van der Waals surface area contributed by atoms with Gasteiger partial charge in [0.15, 0.2) is 11.5 Å². The average molecular weight is 415 g/mol. The summed E-state index contributed by atoms with van der Waals surface area (Å²) in [5.41, 5.74) is 2.79. The van der Waals surface area contributed by atoms with E-state index in [0.717, 1.165) is 16.1 Å². The van der Waals surface area contributed by atoms with E-state index in [1.54, 1.807) is 12.1 Å². The van der Waals surface area contributed by atoms with E-state index < -0.39 is 6.03 Å². The van der Waals surface area contributed by atoms with Crippen molar-refractivity contribution in [3.8, 4) is 11.5 Å². The number of hydrogen-bond donors (Lipinski definition) is 1. The number of hydrazone groups is 1. The highest BCUT2D eigenvalue weighted by molar-refractivity contribution is 6.02. The fourth-order valence-electron chi connectivity index (χ4n) is 2.97. The molecule has 3 aromatic rings. The summed E-state index contributed by atoms with van der Waals surface area (Å²) in [6, 6.07) is 24.6. The van der Waals surface area contributed by atoms with E-state index in [4.69, 9.17) is 9.47 Å². The first-order valence-corrected chi connectivity index (χ1v) is 9.80. The molecule has 1 aliphatic heterocycles. The van der Waals surface area contributed by atoms with Gasteiger partial charge in [-0.1, -0.05) is 60.7 Å². The zero-order chi connectivity index (χ0) is 21.5. The molecule has 31 heavy (non-hydrogen) atoms. The van der Waals surface area contributed by atoms with Crippen LogP contribution in [0.4, 0.5) is 4.79 Å². The molecule has 156 valence electrons. The molecule has 4 rings (SSSR count). The maximum absolute atomic E-state index is 11.6. The van der Waals surface area contributed by atoms with Crippen molar-refractivity contribution >= 4 is 18.2 Å². The monoisotopic (exact) mass is 415 g/mol. The summed E-state index contributed by atoms with van der Waals surface area (Å²) in [5, 5.41) is 7.35. The van der Waals surface area contributed by atoms with E-state index >= 15 is 0 Å². The summed E-state index contributed by atoms with van der Waals surface area (Å²) >= 11 is 0. The number of nitrogens with one attached hydrogen (secondary N) is 1. The highest BCUT2D eigenvalue weighted by Gasteiger charge is 2.25. The van der Waals surface area contributed by atoms with Gasteiger partial charge in [0.05, 0.1) is 6.21 Å². The standard InChI is InChI=1S/C24H21N3O4/c28-23-15-27(24(29)26-23)25-14-20-11-12-21(30-16-18-7-3-1-4-8-18)22(13-20)31-17-19-9-5-2-6-10-19/h1-14H,15-17H2,(H,26,28,29). The molecule has 0 bridgehead atoms. The van der Waals surface area contributed by atoms with Gasteiger partial charge in [0.25, 0.3) is 0 Å². The van der Waals surface area contributed by atoms with E-state index in [1.807, 2.05) is 66.7 Å². The summed E-state index contributed by atoms with van der Waals surface area (Å²) in [6.45, 7) is 0.698. The van der Waals surface area contributed by atoms with Crippen molar-refractivity contribution in [3.05, 3.63) is 95.6 Å². The first kappa shape index (κ1) is 20.2. The normalized spacial score (nSPS) is 13.5. The Labute approximate surface area is 179 Å². The molecule has 3 aromatic carbocycles. The van der Waals surface area contributed by atoms with Gasteiger partial charge in [-0.3, -0.25) is 10.1 Å². The van der Waals surface area contributed by atoms with Crippen LogP contribution < -0.4 is 14.8 Å². The van der Waals surface area contributed by atoms with Crippen LogP contribution in [0.15, 0.2) is 84.0 Å². The number of imide groups is 1. The Morgan fingerprint density at radius 2 is 1.45 bits per heavy atom. The molecule has 0 aliphatic carbocycles. The van der Waals surface area contributed by atoms with Gasteiger partial charge in [-0.05, 0) is 34.9 Å². The second-order valence-corrected chi connectivity index (χ2v) is 6.91. The number of amides is 3. The van der Waals surface area contributed by atoms with Gasteiger partial charge in [-0.25, -0.2) is 9.80 Å². The smallest absolute Gasteiger partial charge is 0.344 e. The summed E-state index contributed by atoms with van der Waals surface area (Å²) in [7, 11) is 0. The lowest BCUT2D eigenvalue weighted by Crippen LogP contribution is -2.24. The summed E-state index contributed by atoms with van der Waals surface area (Å²) in [5.74, 6) is 0.787. The molecule has 0 atom stereocenters. The number of carbonyl (C=O) groups is 2. The van der Waals surface area contributed by atoms with Gasteiger partial charge in [-0.2, -0.15) is 5.10 Å². The van der Waals surface area contributed by atoms with Gasteiger partial charge >= 0.3 is 6.03 Å². The SMILES string of the molecule is O=C1CN(N=Cc2ccc(OCc3ccccc3)c(OCc3ccccc3)c2)C(=O)N1. The minimum absolute atomic E-state index is 0.0923. The molecule has 0 aromatic heterocycles. The maximum Gasteiger partial charge on any atom is 0.344 e.